The summed E-state index contributed by atoms with van der Waals surface area (Å²) in [6.45, 7) is 0. The van der Waals surface area contributed by atoms with Gasteiger partial charge in [-0.25, -0.2) is 14.3 Å². The van der Waals surface area contributed by atoms with Gasteiger partial charge in [0.1, 0.15) is 17.0 Å². The summed E-state index contributed by atoms with van der Waals surface area (Å²) < 4.78 is 24.2. The number of anilines is 1. The van der Waals surface area contributed by atoms with Crippen LogP contribution in [-0.2, 0) is 15.6 Å². The summed E-state index contributed by atoms with van der Waals surface area (Å²) in [7, 11) is 0. The number of hydrogen-bond acceptors (Lipinski definition) is 5. The van der Waals surface area contributed by atoms with E-state index < -0.39 is 16.4 Å². The van der Waals surface area contributed by atoms with E-state index in [0.717, 1.165) is 0 Å². The van der Waals surface area contributed by atoms with Crippen LogP contribution in [0.5, 0.6) is 0 Å². The number of hydrogen-bond donors (Lipinski definition) is 0. The number of para-hydroxylation sites is 1. The van der Waals surface area contributed by atoms with Crippen molar-refractivity contribution in [2.24, 2.45) is 0 Å². The zero-order valence-electron chi connectivity index (χ0n) is 6.73. The monoisotopic (exact) mass is 217 g/mol. The molecule has 14 heavy (non-hydrogen) atoms. The first-order valence-electron chi connectivity index (χ1n) is 3.38. The molecule has 76 valence electrons. The molecule has 0 aliphatic rings. The van der Waals surface area contributed by atoms with Crippen LogP contribution in [0.1, 0.15) is 0 Å². The highest BCUT2D eigenvalue weighted by molar-refractivity contribution is 7.74. The molecule has 1 atom stereocenters. The molecule has 0 radical (unpaired) electrons. The van der Waals surface area contributed by atoms with Crippen molar-refractivity contribution in [2.45, 2.75) is 0 Å². The maximum atomic E-state index is 10.4. The van der Waals surface area contributed by atoms with Gasteiger partial charge in [0.05, 0.1) is 5.17 Å². The Morgan fingerprint density at radius 2 is 1.93 bits per heavy atom. The highest BCUT2D eigenvalue weighted by atomic mass is 32.2. The summed E-state index contributed by atoms with van der Waals surface area (Å²) in [6.07, 6.45) is 0. The fourth-order valence-electron chi connectivity index (χ4n) is 0.778. The van der Waals surface area contributed by atoms with Crippen molar-refractivity contribution in [2.75, 3.05) is 5.17 Å². The van der Waals surface area contributed by atoms with Crippen LogP contribution < -0.4 is 5.17 Å². The van der Waals surface area contributed by atoms with Gasteiger partial charge in [0.25, 0.3) is 0 Å². The minimum atomic E-state index is -2.98. The zero-order chi connectivity index (χ0) is 10.6. The average Bonchev–Trinajstić information content (AvgIpc) is 2.15. The van der Waals surface area contributed by atoms with Gasteiger partial charge in [0.15, 0.2) is 5.03 Å². The van der Waals surface area contributed by atoms with Crippen molar-refractivity contribution in [3.05, 3.63) is 40.4 Å². The Kier molecular flexibility index (Phi) is 3.51. The van der Waals surface area contributed by atoms with Gasteiger partial charge < -0.3 is 4.55 Å². The van der Waals surface area contributed by atoms with Gasteiger partial charge in [0, 0.05) is 0 Å². The summed E-state index contributed by atoms with van der Waals surface area (Å²) in [5, 5.41) is 9.45. The molecule has 0 N–H and O–H groups in total. The van der Waals surface area contributed by atoms with Crippen LogP contribution in [0.15, 0.2) is 30.3 Å². The Bertz CT molecular complexity index is 343. The summed E-state index contributed by atoms with van der Waals surface area (Å²) in [5.41, 5.74) is 0.0155. The topological polar surface area (TPSA) is 95.7 Å². The minimum absolute atomic E-state index is 0.0155. The third-order valence-corrected chi connectivity index (χ3v) is 1.52. The third kappa shape index (κ3) is 2.76. The van der Waals surface area contributed by atoms with Crippen molar-refractivity contribution in [1.82, 2.24) is 0 Å². The van der Waals surface area contributed by atoms with Crippen molar-refractivity contribution < 1.29 is 18.1 Å². The van der Waals surface area contributed by atoms with Crippen LogP contribution >= 0.6 is 0 Å². The molecule has 0 saturated carbocycles. The Labute approximate surface area is 81.5 Å². The Hall–Kier alpha value is -1.51. The first-order valence-corrected chi connectivity index (χ1v) is 4.38. The normalized spacial score (nSPS) is 12.1. The third-order valence-electron chi connectivity index (χ3n) is 1.26. The molecule has 1 rings (SSSR count). The molecule has 0 aliphatic carbocycles. The first kappa shape index (κ1) is 10.6. The van der Waals surface area contributed by atoms with Gasteiger partial charge in [-0.3, -0.25) is 0 Å². The number of rotatable bonds is 4. The second-order valence-corrected chi connectivity index (χ2v) is 2.68. The van der Waals surface area contributed by atoms with Gasteiger partial charge in [-0.15, -0.1) is 4.28 Å². The van der Waals surface area contributed by atoms with Gasteiger partial charge in [-0.05, 0) is 12.1 Å². The van der Waals surface area contributed by atoms with E-state index in [2.05, 4.69) is 4.28 Å². The number of nitrogens with zero attached hydrogens (tertiary/aromatic N) is 2. The molecule has 1 aromatic carbocycles. The molecule has 0 heterocycles. The molecule has 8 heteroatoms. The van der Waals surface area contributed by atoms with Crippen molar-refractivity contribution in [3.63, 3.8) is 0 Å². The lowest BCUT2D eigenvalue weighted by molar-refractivity contribution is -0.534. The van der Waals surface area contributed by atoms with Gasteiger partial charge in [0.2, 0.25) is 0 Å². The van der Waals surface area contributed by atoms with E-state index in [-0.39, 0.29) is 10.9 Å². The average molecular weight is 217 g/mol. The van der Waals surface area contributed by atoms with Crippen LogP contribution in [0.3, 0.4) is 0 Å². The molecule has 0 spiro atoms. The first-order chi connectivity index (χ1) is 6.61. The largest absolute Gasteiger partial charge is 0.748 e. The molecule has 0 aliphatic heterocycles. The van der Waals surface area contributed by atoms with Gasteiger partial charge >= 0.3 is 0 Å². The van der Waals surface area contributed by atoms with E-state index in [1.54, 1.807) is 6.07 Å². The maximum Gasteiger partial charge on any atom is 0.193 e. The standard InChI is InChI=1S/C6H6N2O5S/c9-8(10)7(13-14(11)12)6-4-2-1-3-5-6/h1-5H,(H,11,12)/p-1. The van der Waals surface area contributed by atoms with E-state index in [0.29, 0.717) is 0 Å². The summed E-state index contributed by atoms with van der Waals surface area (Å²) in [5.74, 6) is 0. The predicted molar refractivity (Wildman–Crippen MR) is 45.9 cm³/mol. The SMILES string of the molecule is O=[N+]([O-])N(OS(=O)[O-])c1ccccc1. The Morgan fingerprint density at radius 1 is 1.36 bits per heavy atom. The van der Waals surface area contributed by atoms with Crippen LogP contribution in [0.25, 0.3) is 0 Å². The van der Waals surface area contributed by atoms with E-state index >= 15 is 0 Å². The Morgan fingerprint density at radius 3 is 2.36 bits per heavy atom. The number of benzene rings is 1. The smallest absolute Gasteiger partial charge is 0.193 e. The highest BCUT2D eigenvalue weighted by Crippen LogP contribution is 2.13. The van der Waals surface area contributed by atoms with Crippen LogP contribution in [0.2, 0.25) is 0 Å². The van der Waals surface area contributed by atoms with E-state index in [1.165, 1.54) is 24.3 Å². The quantitative estimate of drug-likeness (QED) is 0.411. The second kappa shape index (κ2) is 4.65. The lowest BCUT2D eigenvalue weighted by Crippen LogP contribution is -2.30. The van der Waals surface area contributed by atoms with E-state index in [9.17, 15) is 18.9 Å². The fourth-order valence-corrected chi connectivity index (χ4v) is 1.03. The van der Waals surface area contributed by atoms with E-state index in [1.807, 2.05) is 0 Å². The molecule has 0 aromatic heterocycles. The number of nitro groups is 1. The fraction of sp³-hybridized carbons (Fsp3) is 0. The van der Waals surface area contributed by atoms with Crippen molar-refractivity contribution >= 4 is 17.0 Å². The molecule has 1 unspecified atom stereocenters. The summed E-state index contributed by atoms with van der Waals surface area (Å²) in [4.78, 5) is 10.4. The molecule has 0 bridgehead atoms. The van der Waals surface area contributed by atoms with Crippen LogP contribution in [0.4, 0.5) is 5.69 Å². The summed E-state index contributed by atoms with van der Waals surface area (Å²) in [6, 6.07) is 7.35. The molecule has 7 nitrogen and oxygen atoms in total. The molecule has 0 saturated heterocycles. The molecule has 1 aromatic rings. The lowest BCUT2D eigenvalue weighted by atomic mass is 10.3. The van der Waals surface area contributed by atoms with Crippen LogP contribution in [-0.4, -0.2) is 13.8 Å². The molecular weight excluding hydrogens is 212 g/mol. The summed E-state index contributed by atoms with van der Waals surface area (Å²) >= 11 is -2.98. The number of hydrazine groups is 1. The maximum absolute atomic E-state index is 10.4. The molecule has 0 amide bonds. The second-order valence-electron chi connectivity index (χ2n) is 2.12. The predicted octanol–water partition coefficient (Wildman–Crippen LogP) is 0.410. The van der Waals surface area contributed by atoms with Gasteiger partial charge in [-0.2, -0.15) is 0 Å². The van der Waals surface area contributed by atoms with E-state index in [4.69, 9.17) is 0 Å². The Balaban J connectivity index is 2.89. The highest BCUT2D eigenvalue weighted by Gasteiger charge is 2.18. The molecular formula is C6H5N2O5S-. The minimum Gasteiger partial charge on any atom is -0.748 e. The lowest BCUT2D eigenvalue weighted by Gasteiger charge is -2.12. The van der Waals surface area contributed by atoms with Crippen LogP contribution in [0, 0.1) is 10.1 Å². The molecule has 0 fully saturated rings. The van der Waals surface area contributed by atoms with Crippen molar-refractivity contribution in [3.8, 4) is 0 Å². The van der Waals surface area contributed by atoms with Crippen molar-refractivity contribution in [1.29, 1.82) is 0 Å². The van der Waals surface area contributed by atoms with Gasteiger partial charge in [-0.1, -0.05) is 18.2 Å². The zero-order valence-corrected chi connectivity index (χ0v) is 7.55.